The Hall–Kier alpha value is -0.570. The Balaban J connectivity index is 2.63. The molecular weight excluding hydrogens is 142 g/mol. The number of nitrogens with one attached hydrogen (secondary N) is 1. The van der Waals surface area contributed by atoms with Crippen molar-refractivity contribution in [3.8, 4) is 0 Å². The molecule has 1 aliphatic heterocycles. The van der Waals surface area contributed by atoms with E-state index >= 15 is 0 Å². The van der Waals surface area contributed by atoms with Crippen LogP contribution in [0, 0.1) is 11.8 Å². The molecule has 3 unspecified atom stereocenters. The highest BCUT2D eigenvalue weighted by molar-refractivity contribution is 5.81. The summed E-state index contributed by atoms with van der Waals surface area (Å²) < 4.78 is 0. The molecule has 0 aromatic rings. The molecule has 0 aromatic heterocycles. The lowest BCUT2D eigenvalue weighted by Crippen LogP contribution is -2.29. The van der Waals surface area contributed by atoms with E-state index in [1.807, 2.05) is 6.92 Å². The van der Waals surface area contributed by atoms with Crippen LogP contribution in [0.2, 0.25) is 0 Å². The van der Waals surface area contributed by atoms with Gasteiger partial charge < -0.3 is 10.4 Å². The van der Waals surface area contributed by atoms with Gasteiger partial charge in [0.2, 0.25) is 5.91 Å². The van der Waals surface area contributed by atoms with E-state index in [-0.39, 0.29) is 11.8 Å². The molecule has 64 valence electrons. The van der Waals surface area contributed by atoms with Gasteiger partial charge in [-0.05, 0) is 12.8 Å². The second kappa shape index (κ2) is 3.22. The molecule has 3 atom stereocenters. The molecule has 0 aliphatic carbocycles. The van der Waals surface area contributed by atoms with Crippen molar-refractivity contribution >= 4 is 5.91 Å². The highest BCUT2D eigenvalue weighted by atomic mass is 16.3. The van der Waals surface area contributed by atoms with E-state index in [2.05, 4.69) is 5.32 Å². The van der Waals surface area contributed by atoms with Gasteiger partial charge in [0.1, 0.15) is 0 Å². The number of hydrogen-bond donors (Lipinski definition) is 2. The summed E-state index contributed by atoms with van der Waals surface area (Å²) in [6.45, 7) is 4.45. The van der Waals surface area contributed by atoms with Gasteiger partial charge in [-0.15, -0.1) is 0 Å². The summed E-state index contributed by atoms with van der Waals surface area (Å²) in [6.07, 6.45) is 0.441. The van der Waals surface area contributed by atoms with Gasteiger partial charge >= 0.3 is 0 Å². The first-order valence-electron chi connectivity index (χ1n) is 4.12. The minimum Gasteiger partial charge on any atom is -0.393 e. The maximum absolute atomic E-state index is 11.1. The lowest BCUT2D eigenvalue weighted by molar-refractivity contribution is -0.126. The van der Waals surface area contributed by atoms with Gasteiger partial charge in [-0.1, -0.05) is 13.3 Å². The molecule has 1 fully saturated rings. The molecule has 2 N–H and O–H groups in total. The number of amides is 1. The third kappa shape index (κ3) is 1.53. The molecule has 0 spiro atoms. The van der Waals surface area contributed by atoms with Gasteiger partial charge in [-0.25, -0.2) is 0 Å². The van der Waals surface area contributed by atoms with Gasteiger partial charge in [-0.3, -0.25) is 4.79 Å². The van der Waals surface area contributed by atoms with Gasteiger partial charge in [0, 0.05) is 6.54 Å². The van der Waals surface area contributed by atoms with Crippen LogP contribution in [0.5, 0.6) is 0 Å². The number of hydrogen-bond acceptors (Lipinski definition) is 2. The Morgan fingerprint density at radius 2 is 2.45 bits per heavy atom. The van der Waals surface area contributed by atoms with Crippen molar-refractivity contribution in [2.24, 2.45) is 11.8 Å². The van der Waals surface area contributed by atoms with Crippen LogP contribution in [0.3, 0.4) is 0 Å². The average molecular weight is 157 g/mol. The van der Waals surface area contributed by atoms with E-state index in [1.165, 1.54) is 0 Å². The van der Waals surface area contributed by atoms with Crippen LogP contribution in [-0.2, 0) is 4.79 Å². The fourth-order valence-corrected chi connectivity index (χ4v) is 1.70. The van der Waals surface area contributed by atoms with E-state index in [1.54, 1.807) is 6.92 Å². The van der Waals surface area contributed by atoms with E-state index in [4.69, 9.17) is 0 Å². The number of aliphatic hydroxyl groups excluding tert-OH is 1. The van der Waals surface area contributed by atoms with E-state index in [0.29, 0.717) is 5.92 Å². The minimum atomic E-state index is -0.512. The topological polar surface area (TPSA) is 49.3 Å². The summed E-state index contributed by atoms with van der Waals surface area (Å²) in [6, 6.07) is 0. The van der Waals surface area contributed by atoms with Crippen molar-refractivity contribution in [3.63, 3.8) is 0 Å². The summed E-state index contributed by atoms with van der Waals surface area (Å²) in [5.41, 5.74) is 0. The maximum Gasteiger partial charge on any atom is 0.226 e. The first-order chi connectivity index (χ1) is 5.16. The first kappa shape index (κ1) is 8.53. The van der Waals surface area contributed by atoms with Crippen molar-refractivity contribution < 1.29 is 9.90 Å². The van der Waals surface area contributed by atoms with E-state index < -0.39 is 6.10 Å². The molecule has 0 aromatic carbocycles. The molecule has 1 saturated heterocycles. The van der Waals surface area contributed by atoms with E-state index in [9.17, 15) is 9.90 Å². The maximum atomic E-state index is 11.1. The second-order valence-electron chi connectivity index (χ2n) is 3.18. The molecule has 0 radical (unpaired) electrons. The molecule has 1 rings (SSSR count). The van der Waals surface area contributed by atoms with Crippen LogP contribution in [0.15, 0.2) is 0 Å². The van der Waals surface area contributed by atoms with Crippen molar-refractivity contribution in [1.29, 1.82) is 0 Å². The van der Waals surface area contributed by atoms with Crippen LogP contribution in [-0.4, -0.2) is 23.7 Å². The lowest BCUT2D eigenvalue weighted by atomic mass is 9.89. The lowest BCUT2D eigenvalue weighted by Gasteiger charge is -2.16. The normalized spacial score (nSPS) is 33.5. The second-order valence-corrected chi connectivity index (χ2v) is 3.18. The molecular formula is C8H15NO2. The summed E-state index contributed by atoms with van der Waals surface area (Å²) in [4.78, 5) is 11.1. The predicted molar refractivity (Wildman–Crippen MR) is 42.0 cm³/mol. The summed E-state index contributed by atoms with van der Waals surface area (Å²) >= 11 is 0. The molecule has 0 bridgehead atoms. The van der Waals surface area contributed by atoms with Crippen molar-refractivity contribution in [3.05, 3.63) is 0 Å². The van der Waals surface area contributed by atoms with Gasteiger partial charge in [-0.2, -0.15) is 0 Å². The number of carbonyl (C=O) groups is 1. The number of aliphatic hydroxyl groups is 1. The van der Waals surface area contributed by atoms with Crippen molar-refractivity contribution in [1.82, 2.24) is 5.32 Å². The average Bonchev–Trinajstić information content (AvgIpc) is 2.30. The molecule has 1 aliphatic rings. The Kier molecular flexibility index (Phi) is 2.49. The van der Waals surface area contributed by atoms with Crippen LogP contribution < -0.4 is 5.32 Å². The Morgan fingerprint density at radius 3 is 2.82 bits per heavy atom. The van der Waals surface area contributed by atoms with Gasteiger partial charge in [0.05, 0.1) is 12.0 Å². The Morgan fingerprint density at radius 1 is 1.82 bits per heavy atom. The highest BCUT2D eigenvalue weighted by Crippen LogP contribution is 2.23. The molecule has 1 heterocycles. The standard InChI is InChI=1S/C8H15NO2/c1-3-6-4-9-8(11)7(6)5(2)10/h5-7,10H,3-4H2,1-2H3,(H,9,11). The molecule has 3 heteroatoms. The first-order valence-corrected chi connectivity index (χ1v) is 4.12. The SMILES string of the molecule is CCC1CNC(=O)C1C(C)O. The minimum absolute atomic E-state index is 0.00634. The van der Waals surface area contributed by atoms with Crippen LogP contribution in [0.4, 0.5) is 0 Å². The zero-order chi connectivity index (χ0) is 8.43. The highest BCUT2D eigenvalue weighted by Gasteiger charge is 2.36. The fourth-order valence-electron chi connectivity index (χ4n) is 1.70. The predicted octanol–water partition coefficient (Wildman–Crippen LogP) is 0.139. The quantitative estimate of drug-likeness (QED) is 0.599. The zero-order valence-electron chi connectivity index (χ0n) is 7.00. The number of carbonyl (C=O) groups excluding carboxylic acids is 1. The Bertz CT molecular complexity index is 156. The van der Waals surface area contributed by atoms with Gasteiger partial charge in [0.15, 0.2) is 0 Å². The fraction of sp³-hybridized carbons (Fsp3) is 0.875. The number of rotatable bonds is 2. The summed E-state index contributed by atoms with van der Waals surface area (Å²) in [7, 11) is 0. The third-order valence-corrected chi connectivity index (χ3v) is 2.39. The molecule has 11 heavy (non-hydrogen) atoms. The smallest absolute Gasteiger partial charge is 0.226 e. The molecule has 1 amide bonds. The Labute approximate surface area is 66.8 Å². The van der Waals surface area contributed by atoms with Crippen LogP contribution >= 0.6 is 0 Å². The summed E-state index contributed by atoms with van der Waals surface area (Å²) in [5.74, 6) is 0.148. The zero-order valence-corrected chi connectivity index (χ0v) is 7.00. The molecule has 0 saturated carbocycles. The monoisotopic (exact) mass is 157 g/mol. The third-order valence-electron chi connectivity index (χ3n) is 2.39. The van der Waals surface area contributed by atoms with Gasteiger partial charge in [0.25, 0.3) is 0 Å². The van der Waals surface area contributed by atoms with Crippen molar-refractivity contribution in [2.45, 2.75) is 26.4 Å². The largest absolute Gasteiger partial charge is 0.393 e. The van der Waals surface area contributed by atoms with E-state index in [0.717, 1.165) is 13.0 Å². The molecule has 3 nitrogen and oxygen atoms in total. The van der Waals surface area contributed by atoms with Crippen molar-refractivity contribution in [2.75, 3.05) is 6.54 Å². The summed E-state index contributed by atoms with van der Waals surface area (Å²) in [5, 5.41) is 12.0. The van der Waals surface area contributed by atoms with Crippen LogP contribution in [0.25, 0.3) is 0 Å². The van der Waals surface area contributed by atoms with Crippen LogP contribution in [0.1, 0.15) is 20.3 Å².